The number of rotatable bonds is 7. The maximum absolute atomic E-state index is 12.0. The van der Waals surface area contributed by atoms with Crippen LogP contribution in [-0.2, 0) is 11.3 Å². The molecule has 0 aliphatic carbocycles. The van der Waals surface area contributed by atoms with Gasteiger partial charge in [-0.15, -0.1) is 0 Å². The van der Waals surface area contributed by atoms with Crippen molar-refractivity contribution in [2.45, 2.75) is 13.3 Å². The van der Waals surface area contributed by atoms with E-state index in [4.69, 9.17) is 9.47 Å². The molecule has 0 amide bonds. The topological polar surface area (TPSA) is 67.5 Å². The molecule has 142 valence electrons. The lowest BCUT2D eigenvalue weighted by atomic mass is 10.1. The van der Waals surface area contributed by atoms with Crippen molar-refractivity contribution in [2.75, 3.05) is 32.7 Å². The number of ether oxygens (including phenoxy) is 2. The molecule has 0 spiro atoms. The highest BCUT2D eigenvalue weighted by Gasteiger charge is 2.18. The Labute approximate surface area is 162 Å². The maximum atomic E-state index is 12.0. The molecule has 0 fully saturated rings. The normalized spacial score (nSPS) is 10.7. The first-order chi connectivity index (χ1) is 13.1. The lowest BCUT2D eigenvalue weighted by Crippen LogP contribution is -2.15. The van der Waals surface area contributed by atoms with E-state index in [0.29, 0.717) is 40.1 Å². The van der Waals surface area contributed by atoms with Gasteiger partial charge < -0.3 is 19.4 Å². The standard InChI is InChI=1S/C20H23N3O3S/c1-5-10-26-18-12-15-14(11-17(18)25-4)21-20(22-15)19(27-24)13-8-6-7-9-16(13)23(2)3/h6-9,11-12H,5,10H2,1-4H3,(H,21,22). The molecule has 0 bridgehead atoms. The Balaban J connectivity index is 2.10. The van der Waals surface area contributed by atoms with Gasteiger partial charge >= 0.3 is 0 Å². The van der Waals surface area contributed by atoms with Gasteiger partial charge in [0.05, 0.1) is 24.8 Å². The van der Waals surface area contributed by atoms with Crippen LogP contribution in [0.4, 0.5) is 5.69 Å². The molecule has 0 atom stereocenters. The zero-order valence-electron chi connectivity index (χ0n) is 15.9. The van der Waals surface area contributed by atoms with E-state index in [1.165, 1.54) is 0 Å². The number of benzene rings is 2. The fraction of sp³-hybridized carbons (Fsp3) is 0.300. The molecule has 3 rings (SSSR count). The Morgan fingerprint density at radius 2 is 2.00 bits per heavy atom. The Morgan fingerprint density at radius 1 is 1.22 bits per heavy atom. The average Bonchev–Trinajstić information content (AvgIpc) is 3.08. The SMILES string of the molecule is CCCOc1cc2[nH]c(C(=S=O)c3ccccc3N(C)C)nc2cc1OC. The van der Waals surface area contributed by atoms with Crippen LogP contribution in [0.5, 0.6) is 11.5 Å². The lowest BCUT2D eigenvalue weighted by Gasteiger charge is -2.16. The Morgan fingerprint density at radius 3 is 2.67 bits per heavy atom. The largest absolute Gasteiger partial charge is 0.493 e. The number of aromatic amines is 1. The minimum atomic E-state index is 0.435. The van der Waals surface area contributed by atoms with Gasteiger partial charge in [-0.05, 0) is 12.5 Å². The van der Waals surface area contributed by atoms with E-state index >= 15 is 0 Å². The third-order valence-electron chi connectivity index (χ3n) is 4.16. The van der Waals surface area contributed by atoms with Crippen molar-refractivity contribution in [2.24, 2.45) is 0 Å². The Bertz CT molecular complexity index is 1010. The molecule has 0 aliphatic heterocycles. The lowest BCUT2D eigenvalue weighted by molar-refractivity contribution is 0.295. The van der Waals surface area contributed by atoms with E-state index in [9.17, 15) is 4.21 Å². The van der Waals surface area contributed by atoms with Gasteiger partial charge in [0.1, 0.15) is 16.1 Å². The van der Waals surface area contributed by atoms with Gasteiger partial charge in [-0.3, -0.25) is 0 Å². The first-order valence-corrected chi connectivity index (χ1v) is 9.47. The first kappa shape index (κ1) is 19.0. The second-order valence-electron chi connectivity index (χ2n) is 6.28. The third kappa shape index (κ3) is 3.83. The highest BCUT2D eigenvalue weighted by Crippen LogP contribution is 2.32. The fourth-order valence-corrected chi connectivity index (χ4v) is 3.32. The minimum absolute atomic E-state index is 0.435. The summed E-state index contributed by atoms with van der Waals surface area (Å²) < 4.78 is 23.2. The number of imidazole rings is 1. The highest BCUT2D eigenvalue weighted by molar-refractivity contribution is 7.67. The molecule has 0 unspecified atom stereocenters. The van der Waals surface area contributed by atoms with E-state index in [1.807, 2.05) is 62.3 Å². The number of para-hydroxylation sites is 1. The van der Waals surface area contributed by atoms with Crippen molar-refractivity contribution >= 4 is 32.8 Å². The molecular weight excluding hydrogens is 362 g/mol. The number of methoxy groups -OCH3 is 1. The van der Waals surface area contributed by atoms with Crippen molar-refractivity contribution in [3.05, 3.63) is 47.8 Å². The number of anilines is 1. The molecule has 3 aromatic rings. The van der Waals surface area contributed by atoms with Crippen LogP contribution in [-0.4, -0.2) is 46.9 Å². The van der Waals surface area contributed by atoms with Crippen LogP contribution in [0.1, 0.15) is 24.7 Å². The summed E-state index contributed by atoms with van der Waals surface area (Å²) in [5, 5.41) is 0. The Hall–Kier alpha value is -2.80. The molecule has 0 saturated heterocycles. The summed E-state index contributed by atoms with van der Waals surface area (Å²) in [6.07, 6.45) is 0.904. The summed E-state index contributed by atoms with van der Waals surface area (Å²) in [5.74, 6) is 1.82. The fourth-order valence-electron chi connectivity index (χ4n) is 2.88. The van der Waals surface area contributed by atoms with Gasteiger partial charge in [-0.2, -0.15) is 0 Å². The zero-order valence-corrected chi connectivity index (χ0v) is 16.7. The molecule has 0 saturated carbocycles. The molecule has 0 aliphatic rings. The number of hydrogen-bond donors (Lipinski definition) is 1. The van der Waals surface area contributed by atoms with E-state index in [0.717, 1.165) is 28.7 Å². The predicted molar refractivity (Wildman–Crippen MR) is 111 cm³/mol. The summed E-state index contributed by atoms with van der Waals surface area (Å²) in [6, 6.07) is 11.5. The van der Waals surface area contributed by atoms with Gasteiger partial charge in [0.15, 0.2) is 17.3 Å². The van der Waals surface area contributed by atoms with Crippen LogP contribution in [0.25, 0.3) is 11.0 Å². The van der Waals surface area contributed by atoms with Crippen molar-refractivity contribution in [1.29, 1.82) is 0 Å². The molecular formula is C20H23N3O3S. The van der Waals surface area contributed by atoms with Crippen molar-refractivity contribution in [1.82, 2.24) is 9.97 Å². The van der Waals surface area contributed by atoms with Crippen LogP contribution >= 0.6 is 0 Å². The monoisotopic (exact) mass is 385 g/mol. The molecule has 6 nitrogen and oxygen atoms in total. The predicted octanol–water partition coefficient (Wildman–Crippen LogP) is 3.21. The number of fused-ring (bicyclic) bond motifs is 1. The molecule has 7 heteroatoms. The van der Waals surface area contributed by atoms with Gasteiger partial charge in [0.25, 0.3) is 0 Å². The molecule has 2 aromatic carbocycles. The van der Waals surface area contributed by atoms with E-state index in [-0.39, 0.29) is 0 Å². The summed E-state index contributed by atoms with van der Waals surface area (Å²) >= 11 is 0.435. The maximum Gasteiger partial charge on any atom is 0.163 e. The van der Waals surface area contributed by atoms with Crippen LogP contribution in [0.2, 0.25) is 0 Å². The summed E-state index contributed by atoms with van der Waals surface area (Å²) in [6.45, 7) is 2.65. The molecule has 0 radical (unpaired) electrons. The van der Waals surface area contributed by atoms with Gasteiger partial charge in [-0.1, -0.05) is 25.1 Å². The summed E-state index contributed by atoms with van der Waals surface area (Å²) in [4.78, 5) is 10.4. The first-order valence-electron chi connectivity index (χ1n) is 8.73. The second-order valence-corrected chi connectivity index (χ2v) is 6.85. The van der Waals surface area contributed by atoms with Crippen LogP contribution in [0.3, 0.4) is 0 Å². The molecule has 1 heterocycles. The van der Waals surface area contributed by atoms with E-state index < -0.39 is 0 Å². The molecule has 27 heavy (non-hydrogen) atoms. The van der Waals surface area contributed by atoms with Gasteiger partial charge in [0.2, 0.25) is 0 Å². The number of nitrogens with zero attached hydrogens (tertiary/aromatic N) is 2. The van der Waals surface area contributed by atoms with Crippen molar-refractivity contribution in [3.63, 3.8) is 0 Å². The van der Waals surface area contributed by atoms with E-state index in [2.05, 4.69) is 9.97 Å². The zero-order chi connectivity index (χ0) is 19.4. The molecule has 1 aromatic heterocycles. The average molecular weight is 385 g/mol. The summed E-state index contributed by atoms with van der Waals surface area (Å²) in [5.41, 5.74) is 3.32. The van der Waals surface area contributed by atoms with Gasteiger partial charge in [-0.25, -0.2) is 9.19 Å². The van der Waals surface area contributed by atoms with Crippen LogP contribution < -0.4 is 14.4 Å². The van der Waals surface area contributed by atoms with Crippen molar-refractivity contribution in [3.8, 4) is 11.5 Å². The molecule has 1 N–H and O–H groups in total. The number of aromatic nitrogens is 2. The van der Waals surface area contributed by atoms with Crippen LogP contribution in [0, 0.1) is 0 Å². The number of H-pyrrole nitrogens is 1. The highest BCUT2D eigenvalue weighted by atomic mass is 32.1. The van der Waals surface area contributed by atoms with Gasteiger partial charge in [0, 0.05) is 37.5 Å². The van der Waals surface area contributed by atoms with Crippen molar-refractivity contribution < 1.29 is 13.7 Å². The smallest absolute Gasteiger partial charge is 0.163 e. The van der Waals surface area contributed by atoms with Crippen LogP contribution in [0.15, 0.2) is 36.4 Å². The summed E-state index contributed by atoms with van der Waals surface area (Å²) in [7, 11) is 5.51. The third-order valence-corrected chi connectivity index (χ3v) is 4.74. The Kier molecular flexibility index (Phi) is 5.81. The minimum Gasteiger partial charge on any atom is -0.493 e. The number of nitrogens with one attached hydrogen (secondary N) is 1. The number of hydrogen-bond acceptors (Lipinski definition) is 5. The quantitative estimate of drug-likeness (QED) is 0.500. The van der Waals surface area contributed by atoms with E-state index in [1.54, 1.807) is 7.11 Å². The second kappa shape index (κ2) is 8.26.